The Hall–Kier alpha value is -4.58. The first-order valence-electron chi connectivity index (χ1n) is 13.1. The first-order chi connectivity index (χ1) is 18.5. The second-order valence-electron chi connectivity index (χ2n) is 9.86. The molecule has 6 rings (SSSR count). The molecule has 1 aliphatic heterocycles. The number of hydrogen-bond donors (Lipinski definition) is 1. The minimum absolute atomic E-state index is 0.145. The maximum atomic E-state index is 14.1. The Morgan fingerprint density at radius 3 is 2.47 bits per heavy atom. The number of hydrogen-bond acceptors (Lipinski definition) is 2. The number of nitrogens with one attached hydrogen (secondary N) is 1. The molecule has 1 atom stereocenters. The lowest BCUT2D eigenvalue weighted by Crippen LogP contribution is -2.38. The van der Waals surface area contributed by atoms with Crippen molar-refractivity contribution in [3.05, 3.63) is 131 Å². The molecule has 6 nitrogen and oxygen atoms in total. The van der Waals surface area contributed by atoms with Gasteiger partial charge in [0.05, 0.1) is 29.7 Å². The molecule has 0 saturated carbocycles. The monoisotopic (exact) mass is 501 g/mol. The number of carbonyl (C=O) groups excluding carboxylic acids is 1. The number of carbonyl (C=O) groups is 1. The Bertz CT molecular complexity index is 1600. The van der Waals surface area contributed by atoms with Gasteiger partial charge in [-0.05, 0) is 67.8 Å². The number of aryl methyl sites for hydroxylation is 3. The van der Waals surface area contributed by atoms with Gasteiger partial charge in [-0.15, -0.1) is 0 Å². The zero-order chi connectivity index (χ0) is 26.2. The van der Waals surface area contributed by atoms with Crippen molar-refractivity contribution in [3.8, 4) is 11.5 Å². The van der Waals surface area contributed by atoms with Crippen LogP contribution in [0.3, 0.4) is 0 Å². The maximum Gasteiger partial charge on any atom is 0.322 e. The Balaban J connectivity index is 1.51. The van der Waals surface area contributed by atoms with Gasteiger partial charge < -0.3 is 14.8 Å². The smallest absolute Gasteiger partial charge is 0.308 e. The van der Waals surface area contributed by atoms with Crippen LogP contribution in [0.2, 0.25) is 0 Å². The summed E-state index contributed by atoms with van der Waals surface area (Å²) in [6.45, 7) is 6.66. The molecule has 0 unspecified atom stereocenters. The molecule has 6 heteroatoms. The van der Waals surface area contributed by atoms with Crippen LogP contribution in [0.4, 0.5) is 10.5 Å². The fraction of sp³-hybridized carbons (Fsp3) is 0.188. The number of anilines is 1. The van der Waals surface area contributed by atoms with Gasteiger partial charge in [0.2, 0.25) is 0 Å². The minimum atomic E-state index is -0.282. The average Bonchev–Trinajstić information content (AvgIpc) is 3.50. The SMILES string of the molecule is CCc1ccc(NC(=O)N2Cc3c(C)nn(-c4ccccc4)c3-n3cccc3[C@@H]2c2cccc(C)c2)cc1. The van der Waals surface area contributed by atoms with Crippen molar-refractivity contribution in [1.29, 1.82) is 0 Å². The second kappa shape index (κ2) is 9.71. The molecular formula is C32H31N5O. The Kier molecular flexibility index (Phi) is 6.08. The largest absolute Gasteiger partial charge is 0.322 e. The number of para-hydroxylation sites is 1. The predicted molar refractivity (Wildman–Crippen MR) is 151 cm³/mol. The van der Waals surface area contributed by atoms with Crippen LogP contribution >= 0.6 is 0 Å². The Labute approximate surface area is 223 Å². The van der Waals surface area contributed by atoms with E-state index in [1.165, 1.54) is 5.56 Å². The molecule has 0 radical (unpaired) electrons. The Morgan fingerprint density at radius 1 is 0.947 bits per heavy atom. The van der Waals surface area contributed by atoms with Crippen LogP contribution in [0.5, 0.6) is 0 Å². The molecule has 2 aromatic heterocycles. The van der Waals surface area contributed by atoms with Crippen molar-refractivity contribution in [1.82, 2.24) is 19.2 Å². The lowest BCUT2D eigenvalue weighted by Gasteiger charge is -2.31. The summed E-state index contributed by atoms with van der Waals surface area (Å²) < 4.78 is 4.19. The van der Waals surface area contributed by atoms with Crippen molar-refractivity contribution in [2.24, 2.45) is 0 Å². The molecule has 1 aliphatic rings. The zero-order valence-electron chi connectivity index (χ0n) is 21.9. The lowest BCUT2D eigenvalue weighted by molar-refractivity contribution is 0.194. The minimum Gasteiger partial charge on any atom is -0.308 e. The lowest BCUT2D eigenvalue weighted by atomic mass is 10.00. The van der Waals surface area contributed by atoms with Gasteiger partial charge >= 0.3 is 6.03 Å². The van der Waals surface area contributed by atoms with Crippen molar-refractivity contribution >= 4 is 11.7 Å². The Morgan fingerprint density at radius 2 is 1.74 bits per heavy atom. The number of aromatic nitrogens is 3. The van der Waals surface area contributed by atoms with Crippen molar-refractivity contribution < 1.29 is 4.79 Å². The predicted octanol–water partition coefficient (Wildman–Crippen LogP) is 6.98. The highest BCUT2D eigenvalue weighted by Crippen LogP contribution is 2.39. The first kappa shape index (κ1) is 23.8. The van der Waals surface area contributed by atoms with E-state index in [2.05, 4.69) is 84.5 Å². The van der Waals surface area contributed by atoms with Gasteiger partial charge in [0, 0.05) is 17.4 Å². The number of amides is 2. The fourth-order valence-electron chi connectivity index (χ4n) is 5.36. The summed E-state index contributed by atoms with van der Waals surface area (Å²) >= 11 is 0. The summed E-state index contributed by atoms with van der Waals surface area (Å²) in [7, 11) is 0. The number of nitrogens with zero attached hydrogens (tertiary/aromatic N) is 4. The highest BCUT2D eigenvalue weighted by atomic mass is 16.2. The zero-order valence-corrected chi connectivity index (χ0v) is 21.9. The highest BCUT2D eigenvalue weighted by Gasteiger charge is 2.36. The number of fused-ring (bicyclic) bond motifs is 3. The molecular weight excluding hydrogens is 470 g/mol. The van der Waals surface area contributed by atoms with Crippen molar-refractivity contribution in [2.45, 2.75) is 39.8 Å². The summed E-state index contributed by atoms with van der Waals surface area (Å²) in [4.78, 5) is 16.0. The van der Waals surface area contributed by atoms with E-state index in [4.69, 9.17) is 5.10 Å². The van der Waals surface area contributed by atoms with Crippen LogP contribution in [0.15, 0.2) is 97.2 Å². The topological polar surface area (TPSA) is 55.1 Å². The van der Waals surface area contributed by atoms with Crippen molar-refractivity contribution in [3.63, 3.8) is 0 Å². The molecule has 0 saturated heterocycles. The summed E-state index contributed by atoms with van der Waals surface area (Å²) in [5.74, 6) is 0.967. The molecule has 1 N–H and O–H groups in total. The molecule has 0 aliphatic carbocycles. The van der Waals surface area contributed by atoms with Gasteiger partial charge in [0.15, 0.2) is 0 Å². The average molecular weight is 502 g/mol. The van der Waals surface area contributed by atoms with E-state index in [-0.39, 0.29) is 12.1 Å². The van der Waals surface area contributed by atoms with E-state index in [0.717, 1.165) is 51.7 Å². The normalized spacial score (nSPS) is 14.5. The van der Waals surface area contributed by atoms with Crippen LogP contribution in [-0.4, -0.2) is 25.3 Å². The van der Waals surface area contributed by atoms with Crippen LogP contribution in [0.1, 0.15) is 46.6 Å². The van der Waals surface area contributed by atoms with Gasteiger partial charge in [0.1, 0.15) is 5.82 Å². The van der Waals surface area contributed by atoms with Crippen LogP contribution in [0.25, 0.3) is 11.5 Å². The maximum absolute atomic E-state index is 14.1. The third kappa shape index (κ3) is 4.18. The number of rotatable bonds is 4. The summed E-state index contributed by atoms with van der Waals surface area (Å²) in [6.07, 6.45) is 3.03. The summed E-state index contributed by atoms with van der Waals surface area (Å²) in [5.41, 5.74) is 8.18. The van der Waals surface area contributed by atoms with Crippen LogP contribution in [-0.2, 0) is 13.0 Å². The third-order valence-electron chi connectivity index (χ3n) is 7.32. The fourth-order valence-corrected chi connectivity index (χ4v) is 5.36. The van der Waals surface area contributed by atoms with Gasteiger partial charge in [0.25, 0.3) is 0 Å². The van der Waals surface area contributed by atoms with E-state index in [0.29, 0.717) is 6.54 Å². The quantitative estimate of drug-likeness (QED) is 0.289. The van der Waals surface area contributed by atoms with E-state index in [9.17, 15) is 4.79 Å². The molecule has 190 valence electrons. The molecule has 2 amide bonds. The van der Waals surface area contributed by atoms with Crippen LogP contribution < -0.4 is 5.32 Å². The summed E-state index contributed by atoms with van der Waals surface area (Å²) in [6, 6.07) is 30.4. The second-order valence-corrected chi connectivity index (χ2v) is 9.86. The molecule has 0 spiro atoms. The number of urea groups is 1. The van der Waals surface area contributed by atoms with Gasteiger partial charge in [-0.1, -0.05) is 67.1 Å². The van der Waals surface area contributed by atoms with E-state index < -0.39 is 0 Å². The van der Waals surface area contributed by atoms with E-state index >= 15 is 0 Å². The van der Waals surface area contributed by atoms with Gasteiger partial charge in [-0.2, -0.15) is 5.10 Å². The molecule has 0 bridgehead atoms. The first-order valence-corrected chi connectivity index (χ1v) is 13.1. The van der Waals surface area contributed by atoms with E-state index in [1.54, 1.807) is 0 Å². The summed E-state index contributed by atoms with van der Waals surface area (Å²) in [5, 5.41) is 8.10. The van der Waals surface area contributed by atoms with Crippen molar-refractivity contribution in [2.75, 3.05) is 5.32 Å². The number of benzene rings is 3. The molecule has 5 aromatic rings. The third-order valence-corrected chi connectivity index (χ3v) is 7.32. The molecule has 3 aromatic carbocycles. The van der Waals surface area contributed by atoms with Crippen LogP contribution in [0, 0.1) is 13.8 Å². The molecule has 3 heterocycles. The van der Waals surface area contributed by atoms with Gasteiger partial charge in [-0.3, -0.25) is 0 Å². The van der Waals surface area contributed by atoms with E-state index in [1.807, 2.05) is 52.9 Å². The molecule has 38 heavy (non-hydrogen) atoms. The standard InChI is InChI=1S/C32H31N5O/c1-4-24-15-17-26(18-16-24)33-32(38)36-21-28-23(3)34-37(27-12-6-5-7-13-27)31(28)35-19-9-14-29(35)30(36)25-11-8-10-22(2)20-25/h5-20,30H,4,21H2,1-3H3,(H,33,38)/t30-/m0/s1. The van der Waals surface area contributed by atoms with Gasteiger partial charge in [-0.25, -0.2) is 9.48 Å². The molecule has 0 fully saturated rings. The highest BCUT2D eigenvalue weighted by molar-refractivity contribution is 5.90.